The van der Waals surface area contributed by atoms with Gasteiger partial charge >= 0.3 is 0 Å². The van der Waals surface area contributed by atoms with Crippen LogP contribution in [0.3, 0.4) is 0 Å². The number of hydrogen-bond acceptors (Lipinski definition) is 6. The van der Waals surface area contributed by atoms with E-state index in [1.54, 1.807) is 6.20 Å². The molecule has 3 heterocycles. The molecule has 4 rings (SSSR count). The minimum Gasteiger partial charge on any atom is -0.399 e. The number of aromatic nitrogens is 3. The van der Waals surface area contributed by atoms with Crippen molar-refractivity contribution in [1.82, 2.24) is 20.0 Å². The van der Waals surface area contributed by atoms with Gasteiger partial charge in [0.25, 0.3) is 0 Å². The van der Waals surface area contributed by atoms with E-state index in [2.05, 4.69) is 15.1 Å². The van der Waals surface area contributed by atoms with Crippen LogP contribution in [0.4, 0.5) is 5.69 Å². The quantitative estimate of drug-likeness (QED) is 0.629. The highest BCUT2D eigenvalue weighted by atomic mass is 35.5. The Morgan fingerprint density at radius 2 is 1.83 bits per heavy atom. The van der Waals surface area contributed by atoms with Gasteiger partial charge in [0.2, 0.25) is 17.6 Å². The third kappa shape index (κ3) is 5.46. The van der Waals surface area contributed by atoms with Crippen LogP contribution in [0.5, 0.6) is 0 Å². The second-order valence-corrected chi connectivity index (χ2v) is 6.74. The minimum absolute atomic E-state index is 0. The average Bonchev–Trinajstić information content (AvgIpc) is 3.21. The van der Waals surface area contributed by atoms with Gasteiger partial charge in [-0.1, -0.05) is 23.4 Å². The van der Waals surface area contributed by atoms with E-state index in [9.17, 15) is 4.79 Å². The molecule has 29 heavy (non-hydrogen) atoms. The Morgan fingerprint density at radius 1 is 1.10 bits per heavy atom. The second-order valence-electron chi connectivity index (χ2n) is 6.74. The van der Waals surface area contributed by atoms with Gasteiger partial charge in [-0.2, -0.15) is 4.98 Å². The summed E-state index contributed by atoms with van der Waals surface area (Å²) in [4.78, 5) is 23.2. The summed E-state index contributed by atoms with van der Waals surface area (Å²) in [6, 6.07) is 13.0. The molecule has 1 aliphatic heterocycles. The highest BCUT2D eigenvalue weighted by molar-refractivity contribution is 5.85. The molecule has 0 saturated carbocycles. The van der Waals surface area contributed by atoms with Crippen molar-refractivity contribution in [2.45, 2.75) is 25.2 Å². The smallest absolute Gasteiger partial charge is 0.230 e. The molecule has 3 aromatic rings. The van der Waals surface area contributed by atoms with Crippen molar-refractivity contribution in [3.8, 4) is 11.5 Å². The normalized spacial score (nSPS) is 14.0. The summed E-state index contributed by atoms with van der Waals surface area (Å²) < 4.78 is 5.44. The predicted molar refractivity (Wildman–Crippen MR) is 115 cm³/mol. The Bertz CT molecular complexity index is 910. The lowest BCUT2D eigenvalue weighted by Gasteiger charge is -2.30. The van der Waals surface area contributed by atoms with E-state index < -0.39 is 0 Å². The van der Waals surface area contributed by atoms with Gasteiger partial charge < -0.3 is 15.2 Å². The van der Waals surface area contributed by atoms with Crippen LogP contribution in [0.1, 0.15) is 30.2 Å². The maximum absolute atomic E-state index is 12.5. The number of anilines is 1. The first-order chi connectivity index (χ1) is 13.2. The molecule has 0 bridgehead atoms. The molecule has 0 spiro atoms. The number of benzene rings is 1. The summed E-state index contributed by atoms with van der Waals surface area (Å²) in [5.41, 5.74) is 8.07. The first-order valence-corrected chi connectivity index (χ1v) is 9.06. The fraction of sp³-hybridized carbons (Fsp3) is 0.300. The van der Waals surface area contributed by atoms with Crippen molar-refractivity contribution in [3.63, 3.8) is 0 Å². The fourth-order valence-electron chi connectivity index (χ4n) is 3.30. The molecule has 0 aliphatic carbocycles. The van der Waals surface area contributed by atoms with Crippen molar-refractivity contribution in [2.24, 2.45) is 0 Å². The molecular weight excluding hydrogens is 413 g/mol. The number of hydrogen-bond donors (Lipinski definition) is 1. The number of amides is 1. The third-order valence-electron chi connectivity index (χ3n) is 4.87. The summed E-state index contributed by atoms with van der Waals surface area (Å²) in [6.45, 7) is 1.39. The minimum atomic E-state index is 0. The molecular formula is C20H23Cl2N5O2. The summed E-state index contributed by atoms with van der Waals surface area (Å²) in [5, 5.41) is 4.04. The molecule has 1 amide bonds. The molecule has 154 valence electrons. The van der Waals surface area contributed by atoms with Gasteiger partial charge in [-0.05, 0) is 42.7 Å². The molecule has 7 nitrogen and oxygen atoms in total. The zero-order chi connectivity index (χ0) is 18.6. The Balaban J connectivity index is 0.00000150. The third-order valence-corrected chi connectivity index (χ3v) is 4.87. The lowest BCUT2D eigenvalue weighted by molar-refractivity contribution is -0.131. The van der Waals surface area contributed by atoms with Crippen molar-refractivity contribution in [1.29, 1.82) is 0 Å². The molecule has 0 radical (unpaired) electrons. The number of carbonyl (C=O) groups is 1. The molecule has 2 N–H and O–H groups in total. The Hall–Kier alpha value is -2.64. The number of nitrogens with zero attached hydrogens (tertiary/aromatic N) is 4. The lowest BCUT2D eigenvalue weighted by Crippen LogP contribution is -2.38. The highest BCUT2D eigenvalue weighted by Gasteiger charge is 2.27. The Labute approximate surface area is 181 Å². The zero-order valence-corrected chi connectivity index (χ0v) is 17.4. The summed E-state index contributed by atoms with van der Waals surface area (Å²) in [7, 11) is 0. The number of halogens is 2. The topological polar surface area (TPSA) is 98.1 Å². The Morgan fingerprint density at radius 3 is 2.48 bits per heavy atom. The van der Waals surface area contributed by atoms with E-state index in [1.165, 1.54) is 0 Å². The van der Waals surface area contributed by atoms with E-state index >= 15 is 0 Å². The molecule has 1 aromatic carbocycles. The zero-order valence-electron chi connectivity index (χ0n) is 15.7. The first-order valence-electron chi connectivity index (χ1n) is 9.06. The number of piperidine rings is 1. The van der Waals surface area contributed by atoms with Crippen LogP contribution in [0.2, 0.25) is 0 Å². The standard InChI is InChI=1S/C20H21N5O2.2ClH/c21-16-6-4-14(5-7-16)13-18(26)25-11-8-15(9-12-25)20-23-19(24-27-20)17-3-1-2-10-22-17;;/h1-7,10,15H,8-9,11-13,21H2;2*1H. The number of nitrogen functional groups attached to an aromatic ring is 1. The van der Waals surface area contributed by atoms with E-state index in [1.807, 2.05) is 47.4 Å². The summed E-state index contributed by atoms with van der Waals surface area (Å²) in [5.74, 6) is 1.45. The van der Waals surface area contributed by atoms with Crippen molar-refractivity contribution >= 4 is 36.4 Å². The van der Waals surface area contributed by atoms with Crippen LogP contribution < -0.4 is 5.73 Å². The van der Waals surface area contributed by atoms with Crippen molar-refractivity contribution in [2.75, 3.05) is 18.8 Å². The number of rotatable bonds is 4. The average molecular weight is 436 g/mol. The largest absolute Gasteiger partial charge is 0.399 e. The highest BCUT2D eigenvalue weighted by Crippen LogP contribution is 2.28. The molecule has 1 fully saturated rings. The summed E-state index contributed by atoms with van der Waals surface area (Å²) in [6.07, 6.45) is 3.74. The number of likely N-dealkylation sites (tertiary alicyclic amines) is 1. The van der Waals surface area contributed by atoms with Gasteiger partial charge in [0.1, 0.15) is 5.69 Å². The maximum atomic E-state index is 12.5. The van der Waals surface area contributed by atoms with Gasteiger partial charge in [-0.15, -0.1) is 24.8 Å². The first kappa shape index (κ1) is 22.6. The van der Waals surface area contributed by atoms with Gasteiger partial charge in [-0.3, -0.25) is 9.78 Å². The lowest BCUT2D eigenvalue weighted by atomic mass is 9.96. The van der Waals surface area contributed by atoms with Gasteiger partial charge in [0, 0.05) is 30.9 Å². The SMILES string of the molecule is Cl.Cl.Nc1ccc(CC(=O)N2CCC(c3nc(-c4ccccn4)no3)CC2)cc1. The molecule has 9 heteroatoms. The van der Waals surface area contributed by atoms with Gasteiger partial charge in [0.05, 0.1) is 6.42 Å². The fourth-order valence-corrected chi connectivity index (χ4v) is 3.30. The maximum Gasteiger partial charge on any atom is 0.230 e. The van der Waals surface area contributed by atoms with Crippen LogP contribution in [-0.2, 0) is 11.2 Å². The van der Waals surface area contributed by atoms with Crippen LogP contribution >= 0.6 is 24.8 Å². The molecule has 1 aliphatic rings. The van der Waals surface area contributed by atoms with E-state index in [-0.39, 0.29) is 36.6 Å². The van der Waals surface area contributed by atoms with Crippen LogP contribution in [-0.4, -0.2) is 39.0 Å². The van der Waals surface area contributed by atoms with Crippen LogP contribution in [0.15, 0.2) is 53.2 Å². The number of pyridine rings is 1. The van der Waals surface area contributed by atoms with E-state index in [4.69, 9.17) is 10.3 Å². The van der Waals surface area contributed by atoms with Gasteiger partial charge in [0.15, 0.2) is 0 Å². The Kier molecular flexibility index (Phi) is 7.99. The van der Waals surface area contributed by atoms with E-state index in [0.29, 0.717) is 42.6 Å². The van der Waals surface area contributed by atoms with Crippen LogP contribution in [0.25, 0.3) is 11.5 Å². The number of nitrogens with two attached hydrogens (primary N) is 1. The monoisotopic (exact) mass is 435 g/mol. The molecule has 0 unspecified atom stereocenters. The molecule has 2 aromatic heterocycles. The predicted octanol–water partition coefficient (Wildman–Crippen LogP) is 3.51. The second kappa shape index (κ2) is 10.2. The number of carbonyl (C=O) groups excluding carboxylic acids is 1. The molecule has 1 saturated heterocycles. The van der Waals surface area contributed by atoms with Gasteiger partial charge in [-0.25, -0.2) is 0 Å². The van der Waals surface area contributed by atoms with Crippen LogP contribution in [0, 0.1) is 0 Å². The van der Waals surface area contributed by atoms with Crippen molar-refractivity contribution in [3.05, 3.63) is 60.1 Å². The summed E-state index contributed by atoms with van der Waals surface area (Å²) >= 11 is 0. The van der Waals surface area contributed by atoms with Crippen molar-refractivity contribution < 1.29 is 9.32 Å². The molecule has 0 atom stereocenters. The van der Waals surface area contributed by atoms with E-state index in [0.717, 1.165) is 18.4 Å².